The number of carbonyl (C=O) groups is 3. The highest BCUT2D eigenvalue weighted by Crippen LogP contribution is 2.22. The summed E-state index contributed by atoms with van der Waals surface area (Å²) in [6.07, 6.45) is 1.33. The maximum atomic E-state index is 12.3. The van der Waals surface area contributed by atoms with Crippen LogP contribution in [0.15, 0.2) is 46.0 Å². The number of nitrogens with one attached hydrogen (secondary N) is 3. The smallest absolute Gasteiger partial charge is 0.329 e. The fraction of sp³-hybridized carbons (Fsp3) is 0.238. The van der Waals surface area contributed by atoms with Gasteiger partial charge in [0.05, 0.1) is 6.21 Å². The van der Waals surface area contributed by atoms with E-state index in [0.717, 1.165) is 21.3 Å². The summed E-state index contributed by atoms with van der Waals surface area (Å²) in [5.41, 5.74) is 5.45. The molecule has 3 amide bonds. The largest absolute Gasteiger partial charge is 0.483 e. The minimum absolute atomic E-state index is 0.207. The van der Waals surface area contributed by atoms with E-state index >= 15 is 0 Å². The number of benzene rings is 2. The Bertz CT molecular complexity index is 975. The number of likely N-dealkylation sites (N-methyl/N-ethyl adjacent to an activating group) is 1. The van der Waals surface area contributed by atoms with Gasteiger partial charge in [-0.3, -0.25) is 14.4 Å². The van der Waals surface area contributed by atoms with Crippen LogP contribution in [0.3, 0.4) is 0 Å². The van der Waals surface area contributed by atoms with Gasteiger partial charge in [-0.15, -0.1) is 0 Å². The van der Waals surface area contributed by atoms with Crippen molar-refractivity contribution in [1.29, 1.82) is 0 Å². The van der Waals surface area contributed by atoms with E-state index < -0.39 is 11.8 Å². The zero-order valence-electron chi connectivity index (χ0n) is 16.9. The highest BCUT2D eigenvalue weighted by Gasteiger charge is 2.11. The third kappa shape index (κ3) is 6.70. The van der Waals surface area contributed by atoms with Crippen molar-refractivity contribution < 1.29 is 19.1 Å². The molecule has 0 aliphatic carbocycles. The third-order valence-electron chi connectivity index (χ3n) is 4.12. The molecule has 3 N–H and O–H groups in total. The number of nitrogens with zero attached hydrogens (tertiary/aromatic N) is 1. The van der Waals surface area contributed by atoms with Gasteiger partial charge < -0.3 is 15.4 Å². The van der Waals surface area contributed by atoms with Crippen LogP contribution in [0.1, 0.15) is 23.6 Å². The lowest BCUT2D eigenvalue weighted by atomic mass is 10.1. The van der Waals surface area contributed by atoms with Crippen molar-refractivity contribution >= 4 is 45.6 Å². The molecule has 0 bridgehead atoms. The molecule has 0 aliphatic heterocycles. The summed E-state index contributed by atoms with van der Waals surface area (Å²) in [4.78, 5) is 35.3. The van der Waals surface area contributed by atoms with Gasteiger partial charge in [-0.05, 0) is 56.2 Å². The standard InChI is InChI=1S/C21H23BrN4O4/c1-4-23-20(28)21(29)26-24-11-15-10-16(22)8-9-18(15)30-12-19(27)25-17-7-5-6-13(2)14(17)3/h5-11H,4,12H2,1-3H3,(H,23,28)(H,25,27)(H,26,29)/b24-11-. The van der Waals surface area contributed by atoms with Gasteiger partial charge in [0.15, 0.2) is 6.61 Å². The molecule has 0 aromatic heterocycles. The van der Waals surface area contributed by atoms with Crippen LogP contribution in [-0.2, 0) is 14.4 Å². The van der Waals surface area contributed by atoms with Crippen molar-refractivity contribution in [3.05, 3.63) is 57.6 Å². The van der Waals surface area contributed by atoms with E-state index in [9.17, 15) is 14.4 Å². The first-order chi connectivity index (χ1) is 14.3. The van der Waals surface area contributed by atoms with Gasteiger partial charge in [0.25, 0.3) is 5.91 Å². The Balaban J connectivity index is 2.01. The Hall–Kier alpha value is -3.20. The molecule has 8 nitrogen and oxygen atoms in total. The van der Waals surface area contributed by atoms with Crippen LogP contribution in [0.4, 0.5) is 5.69 Å². The molecular formula is C21H23BrN4O4. The number of aryl methyl sites for hydroxylation is 1. The predicted molar refractivity (Wildman–Crippen MR) is 119 cm³/mol. The van der Waals surface area contributed by atoms with Crippen molar-refractivity contribution in [2.24, 2.45) is 5.10 Å². The fourth-order valence-corrected chi connectivity index (χ4v) is 2.80. The lowest BCUT2D eigenvalue weighted by Crippen LogP contribution is -2.37. The molecule has 9 heteroatoms. The average Bonchev–Trinajstić information content (AvgIpc) is 2.71. The molecule has 0 aliphatic rings. The van der Waals surface area contributed by atoms with Gasteiger partial charge in [-0.1, -0.05) is 28.1 Å². The SMILES string of the molecule is CCNC(=O)C(=O)N/N=C\c1cc(Br)ccc1OCC(=O)Nc1cccc(C)c1C. The van der Waals surface area contributed by atoms with Crippen molar-refractivity contribution in [2.75, 3.05) is 18.5 Å². The van der Waals surface area contributed by atoms with Gasteiger partial charge in [0.2, 0.25) is 0 Å². The molecule has 0 saturated heterocycles. The Morgan fingerprint density at radius 1 is 1.13 bits per heavy atom. The molecule has 30 heavy (non-hydrogen) atoms. The van der Waals surface area contributed by atoms with Gasteiger partial charge in [0.1, 0.15) is 5.75 Å². The number of halogens is 1. The molecule has 0 radical (unpaired) electrons. The monoisotopic (exact) mass is 474 g/mol. The van der Waals surface area contributed by atoms with Crippen LogP contribution < -0.4 is 20.8 Å². The quantitative estimate of drug-likeness (QED) is 0.325. The van der Waals surface area contributed by atoms with E-state index in [1.165, 1.54) is 6.21 Å². The number of carbonyl (C=O) groups excluding carboxylic acids is 3. The molecule has 0 heterocycles. The molecular weight excluding hydrogens is 452 g/mol. The Kier molecular flexibility index (Phi) is 8.54. The van der Waals surface area contributed by atoms with Crippen LogP contribution in [-0.4, -0.2) is 37.1 Å². The third-order valence-corrected chi connectivity index (χ3v) is 4.62. The molecule has 0 spiro atoms. The number of hydrogen-bond acceptors (Lipinski definition) is 5. The lowest BCUT2D eigenvalue weighted by molar-refractivity contribution is -0.139. The normalized spacial score (nSPS) is 10.5. The highest BCUT2D eigenvalue weighted by atomic mass is 79.9. The molecule has 2 aromatic carbocycles. The summed E-state index contributed by atoms with van der Waals surface area (Å²) in [7, 11) is 0. The second-order valence-electron chi connectivity index (χ2n) is 6.33. The summed E-state index contributed by atoms with van der Waals surface area (Å²) in [5.74, 6) is -1.56. The number of anilines is 1. The lowest BCUT2D eigenvalue weighted by Gasteiger charge is -2.12. The minimum Gasteiger partial charge on any atom is -0.483 e. The molecule has 158 valence electrons. The summed E-state index contributed by atoms with van der Waals surface area (Å²) in [6, 6.07) is 10.8. The van der Waals surface area contributed by atoms with E-state index in [0.29, 0.717) is 17.9 Å². The second kappa shape index (κ2) is 11.1. The van der Waals surface area contributed by atoms with Crippen molar-refractivity contribution in [3.63, 3.8) is 0 Å². The van der Waals surface area contributed by atoms with Gasteiger partial charge in [-0.2, -0.15) is 5.10 Å². The number of ether oxygens (including phenoxy) is 1. The average molecular weight is 475 g/mol. The van der Waals surface area contributed by atoms with Crippen molar-refractivity contribution in [3.8, 4) is 5.75 Å². The van der Waals surface area contributed by atoms with E-state index in [1.54, 1.807) is 25.1 Å². The molecule has 2 aromatic rings. The van der Waals surface area contributed by atoms with Crippen LogP contribution >= 0.6 is 15.9 Å². The minimum atomic E-state index is -0.876. The topological polar surface area (TPSA) is 109 Å². The predicted octanol–water partition coefficient (Wildman–Crippen LogP) is 2.67. The molecule has 0 atom stereocenters. The summed E-state index contributed by atoms with van der Waals surface area (Å²) < 4.78 is 6.38. The second-order valence-corrected chi connectivity index (χ2v) is 7.24. The maximum Gasteiger partial charge on any atom is 0.329 e. The number of hydrogen-bond donors (Lipinski definition) is 3. The summed E-state index contributed by atoms with van der Waals surface area (Å²) >= 11 is 3.35. The van der Waals surface area contributed by atoms with Crippen molar-refractivity contribution in [2.45, 2.75) is 20.8 Å². The first kappa shape index (κ1) is 23.1. The summed E-state index contributed by atoms with van der Waals surface area (Å²) in [5, 5.41) is 8.98. The van der Waals surface area contributed by atoms with E-state index in [4.69, 9.17) is 4.74 Å². The van der Waals surface area contributed by atoms with E-state index in [2.05, 4.69) is 37.1 Å². The zero-order valence-corrected chi connectivity index (χ0v) is 18.5. The molecule has 0 saturated carbocycles. The van der Waals surface area contributed by atoms with Gasteiger partial charge in [0, 0.05) is 22.3 Å². The summed E-state index contributed by atoms with van der Waals surface area (Å²) in [6.45, 7) is 5.74. The van der Waals surface area contributed by atoms with Gasteiger partial charge >= 0.3 is 11.8 Å². The van der Waals surface area contributed by atoms with Gasteiger partial charge in [-0.25, -0.2) is 5.43 Å². The first-order valence-electron chi connectivity index (χ1n) is 9.21. The number of amides is 3. The van der Waals surface area contributed by atoms with Crippen LogP contribution in [0.5, 0.6) is 5.75 Å². The first-order valence-corrected chi connectivity index (χ1v) is 10.0. The zero-order chi connectivity index (χ0) is 22.1. The van der Waals surface area contributed by atoms with Crippen LogP contribution in [0.25, 0.3) is 0 Å². The highest BCUT2D eigenvalue weighted by molar-refractivity contribution is 9.10. The molecule has 0 unspecified atom stereocenters. The van der Waals surface area contributed by atoms with Crippen LogP contribution in [0, 0.1) is 13.8 Å². The fourth-order valence-electron chi connectivity index (χ4n) is 2.42. The Morgan fingerprint density at radius 2 is 1.90 bits per heavy atom. The van der Waals surface area contributed by atoms with Crippen molar-refractivity contribution in [1.82, 2.24) is 10.7 Å². The maximum absolute atomic E-state index is 12.3. The van der Waals surface area contributed by atoms with E-state index in [-0.39, 0.29) is 12.5 Å². The Labute approximate surface area is 183 Å². The van der Waals surface area contributed by atoms with E-state index in [1.807, 2.05) is 32.0 Å². The molecule has 0 fully saturated rings. The Morgan fingerprint density at radius 3 is 2.63 bits per heavy atom. The number of rotatable bonds is 7. The van der Waals surface area contributed by atoms with Crippen LogP contribution in [0.2, 0.25) is 0 Å². The number of hydrazone groups is 1. The molecule has 2 rings (SSSR count).